The maximum Gasteiger partial charge on any atom is 0.387 e. The van der Waals surface area contributed by atoms with Crippen molar-refractivity contribution < 1.29 is 27.1 Å². The molecule has 7 nitrogen and oxygen atoms in total. The molecule has 0 saturated heterocycles. The third-order valence-corrected chi connectivity index (χ3v) is 5.28. The van der Waals surface area contributed by atoms with Crippen molar-refractivity contribution in [3.63, 3.8) is 0 Å². The lowest BCUT2D eigenvalue weighted by atomic mass is 10.1. The van der Waals surface area contributed by atoms with Crippen LogP contribution in [0.15, 0.2) is 86.9 Å². The second kappa shape index (κ2) is 8.78. The summed E-state index contributed by atoms with van der Waals surface area (Å²) in [5.74, 6) is 0.747. The fraction of sp³-hybridized carbons (Fsp3) is 0.167. The maximum absolute atomic E-state index is 13.1. The molecule has 1 unspecified atom stereocenters. The number of amides is 1. The molecule has 0 fully saturated rings. The number of para-hydroxylation sites is 3. The van der Waals surface area contributed by atoms with E-state index in [1.807, 2.05) is 30.3 Å². The van der Waals surface area contributed by atoms with Crippen molar-refractivity contribution in [2.24, 2.45) is 5.10 Å². The van der Waals surface area contributed by atoms with Crippen LogP contribution in [-0.2, 0) is 4.79 Å². The first-order valence-electron chi connectivity index (χ1n) is 10.3. The molecule has 1 atom stereocenters. The molecule has 168 valence electrons. The smallest absolute Gasteiger partial charge is 0.387 e. The Morgan fingerprint density at radius 3 is 2.76 bits per heavy atom. The quantitative estimate of drug-likeness (QED) is 0.406. The summed E-state index contributed by atoms with van der Waals surface area (Å²) >= 11 is 0. The molecule has 1 amide bonds. The molecule has 0 radical (unpaired) electrons. The second-order valence-electron chi connectivity index (χ2n) is 7.40. The van der Waals surface area contributed by atoms with E-state index < -0.39 is 12.7 Å². The molecular weight excluding hydrogens is 432 g/mol. The zero-order valence-electron chi connectivity index (χ0n) is 17.3. The lowest BCUT2D eigenvalue weighted by Crippen LogP contribution is -2.32. The Hall–Kier alpha value is -4.14. The van der Waals surface area contributed by atoms with Crippen molar-refractivity contribution in [3.05, 3.63) is 84.5 Å². The molecule has 5 rings (SSSR count). The number of anilines is 1. The molecule has 3 heterocycles. The Balaban J connectivity index is 1.38. The van der Waals surface area contributed by atoms with Crippen LogP contribution in [0.3, 0.4) is 0 Å². The van der Waals surface area contributed by atoms with Crippen LogP contribution in [0, 0.1) is 0 Å². The molecule has 2 aromatic heterocycles. The van der Waals surface area contributed by atoms with E-state index in [1.165, 1.54) is 17.3 Å². The highest BCUT2D eigenvalue weighted by Gasteiger charge is 2.36. The normalized spacial score (nSPS) is 15.8. The highest BCUT2D eigenvalue weighted by atomic mass is 19.3. The Labute approximate surface area is 187 Å². The van der Waals surface area contributed by atoms with E-state index in [1.54, 1.807) is 30.3 Å². The summed E-state index contributed by atoms with van der Waals surface area (Å²) < 4.78 is 41.3. The molecule has 0 spiro atoms. The number of furan rings is 2. The molecular formula is C24H19F2N3O4. The van der Waals surface area contributed by atoms with Gasteiger partial charge in [-0.3, -0.25) is 4.79 Å². The van der Waals surface area contributed by atoms with Gasteiger partial charge in [-0.25, -0.2) is 5.01 Å². The molecule has 0 aliphatic carbocycles. The first-order chi connectivity index (χ1) is 16.1. The van der Waals surface area contributed by atoms with Crippen molar-refractivity contribution in [2.45, 2.75) is 19.1 Å². The summed E-state index contributed by atoms with van der Waals surface area (Å²) in [7, 11) is 0. The fourth-order valence-electron chi connectivity index (χ4n) is 3.78. The number of halogens is 2. The molecule has 2 aromatic carbocycles. The lowest BCUT2D eigenvalue weighted by Gasteiger charge is -2.20. The van der Waals surface area contributed by atoms with E-state index in [4.69, 9.17) is 8.83 Å². The second-order valence-corrected chi connectivity index (χ2v) is 7.40. The van der Waals surface area contributed by atoms with Crippen molar-refractivity contribution in [3.8, 4) is 5.75 Å². The Kier molecular flexibility index (Phi) is 5.52. The van der Waals surface area contributed by atoms with Gasteiger partial charge in [-0.1, -0.05) is 30.3 Å². The van der Waals surface area contributed by atoms with E-state index in [2.05, 4.69) is 15.2 Å². The number of rotatable bonds is 7. The standard InChI is InChI=1S/C24H19F2N3O4/c25-24(26)33-20-9-4-2-7-16(20)27-14-23(30)29-18(21-10-5-11-31-21)13-17(28-29)22-12-15-6-1-3-8-19(15)32-22/h1-12,18,24,27H,13-14H2. The van der Waals surface area contributed by atoms with Gasteiger partial charge in [-0.2, -0.15) is 13.9 Å². The predicted octanol–water partition coefficient (Wildman–Crippen LogP) is 5.42. The highest BCUT2D eigenvalue weighted by Crippen LogP contribution is 2.34. The zero-order valence-corrected chi connectivity index (χ0v) is 17.3. The first kappa shape index (κ1) is 20.7. The van der Waals surface area contributed by atoms with E-state index >= 15 is 0 Å². The summed E-state index contributed by atoms with van der Waals surface area (Å²) in [5.41, 5.74) is 1.62. The number of alkyl halides is 2. The van der Waals surface area contributed by atoms with Gasteiger partial charge in [0.05, 0.1) is 18.5 Å². The van der Waals surface area contributed by atoms with Gasteiger partial charge >= 0.3 is 6.61 Å². The lowest BCUT2D eigenvalue weighted by molar-refractivity contribution is -0.131. The molecule has 9 heteroatoms. The average Bonchev–Trinajstić information content (AvgIpc) is 3.56. The van der Waals surface area contributed by atoms with E-state index in [0.29, 0.717) is 23.7 Å². The number of ether oxygens (including phenoxy) is 1. The number of nitrogens with one attached hydrogen (secondary N) is 1. The average molecular weight is 451 g/mol. The van der Waals surface area contributed by atoms with Crippen molar-refractivity contribution >= 4 is 28.3 Å². The summed E-state index contributed by atoms with van der Waals surface area (Å²) in [4.78, 5) is 13.1. The minimum atomic E-state index is -2.97. The van der Waals surface area contributed by atoms with Gasteiger partial charge in [0.1, 0.15) is 28.8 Å². The fourth-order valence-corrected chi connectivity index (χ4v) is 3.78. The Morgan fingerprint density at radius 1 is 1.15 bits per heavy atom. The Bertz CT molecular complexity index is 1270. The predicted molar refractivity (Wildman–Crippen MR) is 117 cm³/mol. The van der Waals surface area contributed by atoms with Crippen LogP contribution in [0.5, 0.6) is 5.75 Å². The molecule has 0 bridgehead atoms. The highest BCUT2D eigenvalue weighted by molar-refractivity contribution is 6.03. The van der Waals surface area contributed by atoms with Crippen molar-refractivity contribution in [2.75, 3.05) is 11.9 Å². The van der Waals surface area contributed by atoms with Gasteiger partial charge in [-0.05, 0) is 36.4 Å². The van der Waals surface area contributed by atoms with Crippen LogP contribution < -0.4 is 10.1 Å². The number of hydrazone groups is 1. The van der Waals surface area contributed by atoms with Crippen molar-refractivity contribution in [1.82, 2.24) is 5.01 Å². The van der Waals surface area contributed by atoms with Gasteiger partial charge in [-0.15, -0.1) is 0 Å². The SMILES string of the molecule is O=C(CNc1ccccc1OC(F)F)N1N=C(c2cc3ccccc3o2)CC1c1ccco1. The number of carbonyl (C=O) groups excluding carboxylic acids is 1. The van der Waals surface area contributed by atoms with Gasteiger partial charge < -0.3 is 18.9 Å². The summed E-state index contributed by atoms with van der Waals surface area (Å²) in [6, 6.07) is 18.7. The summed E-state index contributed by atoms with van der Waals surface area (Å²) in [6.07, 6.45) is 1.94. The molecule has 33 heavy (non-hydrogen) atoms. The number of benzene rings is 2. The molecule has 4 aromatic rings. The number of nitrogens with zero attached hydrogens (tertiary/aromatic N) is 2. The third kappa shape index (κ3) is 4.30. The maximum atomic E-state index is 13.1. The topological polar surface area (TPSA) is 80.2 Å². The minimum Gasteiger partial charge on any atom is -0.467 e. The zero-order chi connectivity index (χ0) is 22.8. The van der Waals surface area contributed by atoms with Gasteiger partial charge in [0.2, 0.25) is 0 Å². The Morgan fingerprint density at radius 2 is 1.97 bits per heavy atom. The monoisotopic (exact) mass is 451 g/mol. The number of carbonyl (C=O) groups is 1. The van der Waals surface area contributed by atoms with Gasteiger partial charge in [0.25, 0.3) is 5.91 Å². The molecule has 1 N–H and O–H groups in total. The van der Waals surface area contributed by atoms with Crippen LogP contribution in [0.1, 0.15) is 24.0 Å². The van der Waals surface area contributed by atoms with E-state index in [0.717, 1.165) is 11.0 Å². The van der Waals surface area contributed by atoms with E-state index in [9.17, 15) is 13.6 Å². The summed E-state index contributed by atoms with van der Waals surface area (Å²) in [6.45, 7) is -3.15. The van der Waals surface area contributed by atoms with Crippen LogP contribution in [0.4, 0.5) is 14.5 Å². The van der Waals surface area contributed by atoms with E-state index in [-0.39, 0.29) is 23.9 Å². The van der Waals surface area contributed by atoms with Crippen LogP contribution in [-0.4, -0.2) is 29.8 Å². The minimum absolute atomic E-state index is 0.0456. The molecule has 1 aliphatic rings. The summed E-state index contributed by atoms with van der Waals surface area (Å²) in [5, 5.41) is 9.67. The van der Waals surface area contributed by atoms with Crippen molar-refractivity contribution in [1.29, 1.82) is 0 Å². The van der Waals surface area contributed by atoms with Gasteiger partial charge in [0, 0.05) is 11.8 Å². The van der Waals surface area contributed by atoms with Crippen LogP contribution >= 0.6 is 0 Å². The first-order valence-corrected chi connectivity index (χ1v) is 10.3. The van der Waals surface area contributed by atoms with Gasteiger partial charge in [0.15, 0.2) is 5.76 Å². The largest absolute Gasteiger partial charge is 0.467 e. The van der Waals surface area contributed by atoms with Crippen LogP contribution in [0.25, 0.3) is 11.0 Å². The molecule has 1 aliphatic heterocycles. The number of hydrogen-bond donors (Lipinski definition) is 1. The van der Waals surface area contributed by atoms with Crippen LogP contribution in [0.2, 0.25) is 0 Å². The number of fused-ring (bicyclic) bond motifs is 1. The molecule has 0 saturated carbocycles. The third-order valence-electron chi connectivity index (χ3n) is 5.28. The number of hydrogen-bond acceptors (Lipinski definition) is 6.